The predicted molar refractivity (Wildman–Crippen MR) is 47.8 cm³/mol. The van der Waals surface area contributed by atoms with Crippen molar-refractivity contribution in [3.05, 3.63) is 12.7 Å². The molecule has 0 aromatic rings. The van der Waals surface area contributed by atoms with Crippen molar-refractivity contribution in [2.24, 2.45) is 0 Å². The maximum Gasteiger partial charge on any atom is 0.330 e. The van der Waals surface area contributed by atoms with Gasteiger partial charge in [-0.1, -0.05) is 6.58 Å². The lowest BCUT2D eigenvalue weighted by Crippen LogP contribution is -2.22. The molecule has 0 aliphatic carbocycles. The van der Waals surface area contributed by atoms with E-state index < -0.39 is 5.60 Å². The summed E-state index contributed by atoms with van der Waals surface area (Å²) in [6.45, 7) is 10.2. The second-order valence-electron chi connectivity index (χ2n) is 2.97. The van der Waals surface area contributed by atoms with Gasteiger partial charge in [-0.05, 0) is 27.7 Å². The van der Waals surface area contributed by atoms with E-state index in [0.717, 1.165) is 12.4 Å². The zero-order valence-electron chi connectivity index (χ0n) is 8.09. The lowest BCUT2D eigenvalue weighted by Gasteiger charge is -2.17. The normalized spacial score (nSPS) is 9.00. The third kappa shape index (κ3) is 15.9. The summed E-state index contributed by atoms with van der Waals surface area (Å²) in [4.78, 5) is 19.3. The van der Waals surface area contributed by atoms with Gasteiger partial charge in [0.15, 0.2) is 0 Å². The lowest BCUT2D eigenvalue weighted by molar-refractivity contribution is -0.148. The highest BCUT2D eigenvalue weighted by atomic mass is 16.6. The molecule has 12 heavy (non-hydrogen) atoms. The quantitative estimate of drug-likeness (QED) is 0.343. The summed E-state index contributed by atoms with van der Waals surface area (Å²) in [6, 6.07) is 0. The summed E-state index contributed by atoms with van der Waals surface area (Å²) >= 11 is 0. The molecule has 0 unspecified atom stereocenters. The standard InChI is InChI=1S/C7H12O2.C2H4O/c1-5-6(8)9-7(2,3)4;1-2-3/h5H,1H2,2-4H3;2H,1H3. The van der Waals surface area contributed by atoms with Crippen molar-refractivity contribution in [1.29, 1.82) is 0 Å². The first-order chi connectivity index (χ1) is 5.37. The zero-order chi connectivity index (χ0) is 10.2. The average Bonchev–Trinajstić information content (AvgIpc) is 1.86. The third-order valence-electron chi connectivity index (χ3n) is 0.573. The third-order valence-corrected chi connectivity index (χ3v) is 0.573. The van der Waals surface area contributed by atoms with E-state index in [-0.39, 0.29) is 5.97 Å². The van der Waals surface area contributed by atoms with Crippen LogP contribution < -0.4 is 0 Å². The summed E-state index contributed by atoms with van der Waals surface area (Å²) in [5.41, 5.74) is -0.398. The Hall–Kier alpha value is -1.12. The van der Waals surface area contributed by atoms with Gasteiger partial charge in [0.2, 0.25) is 0 Å². The van der Waals surface area contributed by atoms with Crippen molar-refractivity contribution in [1.82, 2.24) is 0 Å². The number of rotatable bonds is 1. The van der Waals surface area contributed by atoms with Crippen LogP contribution >= 0.6 is 0 Å². The smallest absolute Gasteiger partial charge is 0.330 e. The Bertz CT molecular complexity index is 154. The molecule has 0 N–H and O–H groups in total. The fourth-order valence-corrected chi connectivity index (χ4v) is 0.343. The van der Waals surface area contributed by atoms with Crippen LogP contribution in [0.4, 0.5) is 0 Å². The Balaban J connectivity index is 0. The van der Waals surface area contributed by atoms with Gasteiger partial charge in [0, 0.05) is 6.08 Å². The first-order valence-corrected chi connectivity index (χ1v) is 3.62. The van der Waals surface area contributed by atoms with Gasteiger partial charge in [-0.2, -0.15) is 0 Å². The summed E-state index contributed by atoms with van der Waals surface area (Å²) in [5, 5.41) is 0. The van der Waals surface area contributed by atoms with Gasteiger partial charge in [0.1, 0.15) is 11.9 Å². The monoisotopic (exact) mass is 172 g/mol. The molecule has 3 heteroatoms. The molecule has 0 aromatic heterocycles. The van der Waals surface area contributed by atoms with Crippen LogP contribution in [0.3, 0.4) is 0 Å². The molecular weight excluding hydrogens is 156 g/mol. The highest BCUT2D eigenvalue weighted by molar-refractivity contribution is 5.81. The fraction of sp³-hybridized carbons (Fsp3) is 0.556. The van der Waals surface area contributed by atoms with Gasteiger partial charge in [-0.15, -0.1) is 0 Å². The van der Waals surface area contributed by atoms with E-state index in [2.05, 4.69) is 6.58 Å². The first kappa shape index (κ1) is 13.5. The van der Waals surface area contributed by atoms with Crippen molar-refractivity contribution < 1.29 is 14.3 Å². The van der Waals surface area contributed by atoms with Crippen LogP contribution in [0.15, 0.2) is 12.7 Å². The van der Waals surface area contributed by atoms with E-state index in [0.29, 0.717) is 0 Å². The zero-order valence-corrected chi connectivity index (χ0v) is 8.09. The molecule has 0 radical (unpaired) electrons. The summed E-state index contributed by atoms with van der Waals surface area (Å²) in [7, 11) is 0. The molecule has 0 rings (SSSR count). The molecule has 0 aliphatic heterocycles. The molecule has 0 amide bonds. The number of carbonyl (C=O) groups is 2. The predicted octanol–water partition coefficient (Wildman–Crippen LogP) is 1.72. The van der Waals surface area contributed by atoms with E-state index >= 15 is 0 Å². The van der Waals surface area contributed by atoms with Crippen molar-refractivity contribution >= 4 is 12.3 Å². The SMILES string of the molecule is C=CC(=O)OC(C)(C)C.CC=O. The molecule has 0 saturated heterocycles. The van der Waals surface area contributed by atoms with Gasteiger partial charge < -0.3 is 9.53 Å². The maximum absolute atomic E-state index is 10.5. The van der Waals surface area contributed by atoms with Crippen molar-refractivity contribution in [3.63, 3.8) is 0 Å². The molecule has 0 spiro atoms. The Labute approximate surface area is 73.4 Å². The Morgan fingerprint density at radius 1 is 1.42 bits per heavy atom. The molecule has 3 nitrogen and oxygen atoms in total. The molecule has 0 aliphatic rings. The summed E-state index contributed by atoms with van der Waals surface area (Å²) in [5.74, 6) is -0.373. The first-order valence-electron chi connectivity index (χ1n) is 3.62. The van der Waals surface area contributed by atoms with Gasteiger partial charge in [-0.25, -0.2) is 4.79 Å². The molecule has 0 fully saturated rings. The molecule has 0 bridgehead atoms. The van der Waals surface area contributed by atoms with Crippen molar-refractivity contribution in [3.8, 4) is 0 Å². The van der Waals surface area contributed by atoms with Gasteiger partial charge in [-0.3, -0.25) is 0 Å². The molecule has 70 valence electrons. The average molecular weight is 172 g/mol. The van der Waals surface area contributed by atoms with E-state index in [1.54, 1.807) is 0 Å². The highest BCUT2D eigenvalue weighted by Crippen LogP contribution is 2.06. The second kappa shape index (κ2) is 6.58. The maximum atomic E-state index is 10.5. The number of hydrogen-bond donors (Lipinski definition) is 0. The Morgan fingerprint density at radius 2 is 1.75 bits per heavy atom. The number of esters is 1. The minimum Gasteiger partial charge on any atom is -0.457 e. The van der Waals surface area contributed by atoms with Gasteiger partial charge >= 0.3 is 5.97 Å². The van der Waals surface area contributed by atoms with Crippen LogP contribution in [0, 0.1) is 0 Å². The molecule has 0 aromatic carbocycles. The number of aldehydes is 1. The van der Waals surface area contributed by atoms with E-state index in [1.165, 1.54) is 6.92 Å². The highest BCUT2D eigenvalue weighted by Gasteiger charge is 2.12. The van der Waals surface area contributed by atoms with Gasteiger partial charge in [0.05, 0.1) is 0 Å². The van der Waals surface area contributed by atoms with Crippen molar-refractivity contribution in [2.75, 3.05) is 0 Å². The minimum absolute atomic E-state index is 0.373. The lowest BCUT2D eigenvalue weighted by atomic mass is 10.2. The molecule has 0 saturated carbocycles. The Morgan fingerprint density at radius 3 is 1.83 bits per heavy atom. The molecular formula is C9H16O3. The number of carbonyl (C=O) groups excluding carboxylic acids is 2. The van der Waals surface area contributed by atoms with E-state index in [9.17, 15) is 4.79 Å². The van der Waals surface area contributed by atoms with Crippen LogP contribution in [-0.4, -0.2) is 17.9 Å². The van der Waals surface area contributed by atoms with Crippen LogP contribution in [0.5, 0.6) is 0 Å². The molecule has 0 atom stereocenters. The minimum atomic E-state index is -0.398. The molecule has 0 heterocycles. The van der Waals surface area contributed by atoms with E-state index in [1.807, 2.05) is 20.8 Å². The topological polar surface area (TPSA) is 43.4 Å². The van der Waals surface area contributed by atoms with Gasteiger partial charge in [0.25, 0.3) is 0 Å². The fourth-order valence-electron chi connectivity index (χ4n) is 0.343. The summed E-state index contributed by atoms with van der Waals surface area (Å²) in [6.07, 6.45) is 1.91. The van der Waals surface area contributed by atoms with Crippen LogP contribution in [-0.2, 0) is 14.3 Å². The van der Waals surface area contributed by atoms with Crippen LogP contribution in [0.1, 0.15) is 27.7 Å². The second-order valence-corrected chi connectivity index (χ2v) is 2.97. The Kier molecular flexibility index (Phi) is 7.39. The van der Waals surface area contributed by atoms with Crippen LogP contribution in [0.2, 0.25) is 0 Å². The van der Waals surface area contributed by atoms with E-state index in [4.69, 9.17) is 9.53 Å². The number of hydrogen-bond acceptors (Lipinski definition) is 3. The number of ether oxygens (including phenoxy) is 1. The largest absolute Gasteiger partial charge is 0.457 e. The van der Waals surface area contributed by atoms with Crippen LogP contribution in [0.25, 0.3) is 0 Å². The van der Waals surface area contributed by atoms with Crippen molar-refractivity contribution in [2.45, 2.75) is 33.3 Å². The summed E-state index contributed by atoms with van der Waals surface area (Å²) < 4.78 is 4.83.